The molecule has 2 rings (SSSR count). The van der Waals surface area contributed by atoms with Gasteiger partial charge in [0.15, 0.2) is 23.3 Å². The quantitative estimate of drug-likeness (QED) is 0.505. The molecule has 0 aliphatic heterocycles. The summed E-state index contributed by atoms with van der Waals surface area (Å²) in [5.41, 5.74) is -1.96. The van der Waals surface area contributed by atoms with Gasteiger partial charge in [0.1, 0.15) is 5.69 Å². The van der Waals surface area contributed by atoms with Crippen LogP contribution in [0.2, 0.25) is 0 Å². The van der Waals surface area contributed by atoms with Crippen molar-refractivity contribution in [3.8, 4) is 5.69 Å². The van der Waals surface area contributed by atoms with Crippen molar-refractivity contribution in [1.29, 1.82) is 0 Å². The highest BCUT2D eigenvalue weighted by atomic mass is 19.2. The molecule has 1 aromatic carbocycles. The zero-order valence-electron chi connectivity index (χ0n) is 12.4. The minimum atomic E-state index is -2.30. The number of hydrogen-bond donors (Lipinski definition) is 1. The van der Waals surface area contributed by atoms with E-state index in [4.69, 9.17) is 0 Å². The number of aromatic nitrogens is 2. The zero-order valence-corrected chi connectivity index (χ0v) is 12.4. The van der Waals surface area contributed by atoms with Crippen LogP contribution in [-0.4, -0.2) is 28.8 Å². The summed E-state index contributed by atoms with van der Waals surface area (Å²) in [6.45, 7) is 5.07. The summed E-state index contributed by atoms with van der Waals surface area (Å²) in [5.74, 6) is -10.8. The van der Waals surface area contributed by atoms with Crippen LogP contribution in [0.15, 0.2) is 4.79 Å². The number of H-pyrrole nitrogens is 1. The standard InChI is InChI=1S/C14H12F5N3O/c1-5-7(6(2)21(3)4)14(23)22(20-5)13-11(18)9(16)8(15)10(17)12(13)19/h20H,1H2,2-4H3/b7-6+. The Morgan fingerprint density at radius 1 is 1.00 bits per heavy atom. The third kappa shape index (κ3) is 2.41. The van der Waals surface area contributed by atoms with E-state index in [1.54, 1.807) is 25.9 Å². The highest BCUT2D eigenvalue weighted by Gasteiger charge is 2.28. The Morgan fingerprint density at radius 2 is 1.43 bits per heavy atom. The number of rotatable bonds is 2. The van der Waals surface area contributed by atoms with Gasteiger partial charge < -0.3 is 4.90 Å². The summed E-state index contributed by atoms with van der Waals surface area (Å²) in [6, 6.07) is 0. The molecular weight excluding hydrogens is 321 g/mol. The molecule has 0 spiro atoms. The molecule has 2 aromatic rings. The molecule has 0 amide bonds. The van der Waals surface area contributed by atoms with Crippen LogP contribution in [-0.2, 0) is 0 Å². The SMILES string of the molecule is C=c1[nH]n(-c2c(F)c(F)c(F)c(F)c2F)c(=O)/c1=C(\C)N(C)C. The van der Waals surface area contributed by atoms with E-state index in [1.165, 1.54) is 0 Å². The average molecular weight is 333 g/mol. The fraction of sp³-hybridized carbons (Fsp3) is 0.214. The van der Waals surface area contributed by atoms with E-state index in [0.717, 1.165) is 0 Å². The number of nitrogens with zero attached hydrogens (tertiary/aromatic N) is 2. The highest BCUT2D eigenvalue weighted by Crippen LogP contribution is 2.24. The molecule has 0 unspecified atom stereocenters. The molecular formula is C14H12F5N3O. The van der Waals surface area contributed by atoms with Crippen molar-refractivity contribution >= 4 is 12.3 Å². The Balaban J connectivity index is 2.99. The topological polar surface area (TPSA) is 41.0 Å². The van der Waals surface area contributed by atoms with E-state index in [0.29, 0.717) is 5.70 Å². The molecule has 0 radical (unpaired) electrons. The van der Waals surface area contributed by atoms with Crippen LogP contribution < -0.4 is 16.1 Å². The van der Waals surface area contributed by atoms with Crippen molar-refractivity contribution < 1.29 is 22.0 Å². The van der Waals surface area contributed by atoms with Gasteiger partial charge in [0, 0.05) is 19.8 Å². The second-order valence-corrected chi connectivity index (χ2v) is 5.00. The lowest BCUT2D eigenvalue weighted by molar-refractivity contribution is 0.373. The molecule has 9 heteroatoms. The minimum Gasteiger partial charge on any atom is -0.380 e. The molecule has 0 fully saturated rings. The summed E-state index contributed by atoms with van der Waals surface area (Å²) < 4.78 is 67.6. The summed E-state index contributed by atoms with van der Waals surface area (Å²) in [4.78, 5) is 13.9. The second-order valence-electron chi connectivity index (χ2n) is 5.00. The Hall–Kier alpha value is -2.58. The molecule has 4 nitrogen and oxygen atoms in total. The second kappa shape index (κ2) is 5.56. The van der Waals surface area contributed by atoms with Crippen LogP contribution in [0.25, 0.3) is 18.0 Å². The van der Waals surface area contributed by atoms with Crippen LogP contribution in [0.1, 0.15) is 6.92 Å². The molecule has 23 heavy (non-hydrogen) atoms. The molecule has 1 heterocycles. The Kier molecular flexibility index (Phi) is 4.06. The van der Waals surface area contributed by atoms with Crippen LogP contribution in [0.3, 0.4) is 0 Å². The number of halogens is 5. The normalized spacial score (nSPS) is 12.5. The number of hydrogen-bond acceptors (Lipinski definition) is 2. The van der Waals surface area contributed by atoms with Crippen molar-refractivity contribution in [2.24, 2.45) is 0 Å². The number of nitrogens with one attached hydrogen (secondary N) is 1. The molecule has 1 N–H and O–H groups in total. The lowest BCUT2D eigenvalue weighted by Crippen LogP contribution is -2.39. The summed E-state index contributed by atoms with van der Waals surface area (Å²) in [7, 11) is 3.23. The first-order valence-corrected chi connectivity index (χ1v) is 6.29. The molecule has 0 bridgehead atoms. The molecule has 124 valence electrons. The van der Waals surface area contributed by atoms with Crippen molar-refractivity contribution in [2.45, 2.75) is 6.92 Å². The number of aromatic amines is 1. The third-order valence-electron chi connectivity index (χ3n) is 3.41. The van der Waals surface area contributed by atoms with Crippen LogP contribution in [0, 0.1) is 29.1 Å². The average Bonchev–Trinajstić information content (AvgIpc) is 2.77. The van der Waals surface area contributed by atoms with Gasteiger partial charge in [0.2, 0.25) is 5.82 Å². The van der Waals surface area contributed by atoms with Gasteiger partial charge in [0.25, 0.3) is 5.56 Å². The van der Waals surface area contributed by atoms with Gasteiger partial charge in [-0.15, -0.1) is 0 Å². The third-order valence-corrected chi connectivity index (χ3v) is 3.41. The lowest BCUT2D eigenvalue weighted by Gasteiger charge is -2.10. The molecule has 0 atom stereocenters. The lowest BCUT2D eigenvalue weighted by atomic mass is 10.2. The minimum absolute atomic E-state index is 0.0230. The Labute approximate surface area is 126 Å². The van der Waals surface area contributed by atoms with Crippen molar-refractivity contribution in [2.75, 3.05) is 14.1 Å². The molecule has 0 aliphatic rings. The maximum absolute atomic E-state index is 13.8. The Bertz CT molecular complexity index is 929. The van der Waals surface area contributed by atoms with E-state index in [2.05, 4.69) is 11.7 Å². The van der Waals surface area contributed by atoms with E-state index >= 15 is 0 Å². The van der Waals surface area contributed by atoms with E-state index < -0.39 is 40.3 Å². The van der Waals surface area contributed by atoms with Gasteiger partial charge in [-0.25, -0.2) is 26.6 Å². The molecule has 1 aromatic heterocycles. The predicted molar refractivity (Wildman–Crippen MR) is 73.7 cm³/mol. The van der Waals surface area contributed by atoms with Gasteiger partial charge in [0.05, 0.1) is 10.6 Å². The fourth-order valence-electron chi connectivity index (χ4n) is 2.03. The van der Waals surface area contributed by atoms with E-state index in [1.807, 2.05) is 0 Å². The van der Waals surface area contributed by atoms with Gasteiger partial charge >= 0.3 is 0 Å². The fourth-order valence-corrected chi connectivity index (χ4v) is 2.03. The molecule has 0 saturated heterocycles. The number of benzene rings is 1. The highest BCUT2D eigenvalue weighted by molar-refractivity contribution is 5.41. The Morgan fingerprint density at radius 3 is 1.87 bits per heavy atom. The first-order chi connectivity index (χ1) is 10.6. The predicted octanol–water partition coefficient (Wildman–Crippen LogP) is 0.961. The van der Waals surface area contributed by atoms with Crippen molar-refractivity contribution in [3.05, 3.63) is 50.0 Å². The van der Waals surface area contributed by atoms with Crippen LogP contribution in [0.4, 0.5) is 22.0 Å². The van der Waals surface area contributed by atoms with E-state index in [9.17, 15) is 26.7 Å². The van der Waals surface area contributed by atoms with Gasteiger partial charge in [-0.05, 0) is 6.92 Å². The van der Waals surface area contributed by atoms with Crippen LogP contribution in [0.5, 0.6) is 0 Å². The maximum Gasteiger partial charge on any atom is 0.281 e. The summed E-state index contributed by atoms with van der Waals surface area (Å²) in [6.07, 6.45) is 0. The van der Waals surface area contributed by atoms with Gasteiger partial charge in [-0.2, -0.15) is 0 Å². The van der Waals surface area contributed by atoms with Gasteiger partial charge in [-0.3, -0.25) is 9.89 Å². The summed E-state index contributed by atoms with van der Waals surface area (Å²) in [5, 5.41) is 2.18. The zero-order chi connectivity index (χ0) is 17.6. The first kappa shape index (κ1) is 16.8. The molecule has 0 aliphatic carbocycles. The maximum atomic E-state index is 13.8. The molecule has 0 saturated carbocycles. The van der Waals surface area contributed by atoms with Crippen molar-refractivity contribution in [1.82, 2.24) is 14.7 Å². The largest absolute Gasteiger partial charge is 0.380 e. The smallest absolute Gasteiger partial charge is 0.281 e. The summed E-state index contributed by atoms with van der Waals surface area (Å²) >= 11 is 0. The van der Waals surface area contributed by atoms with Gasteiger partial charge in [-0.1, -0.05) is 6.58 Å². The van der Waals surface area contributed by atoms with Crippen LogP contribution >= 0.6 is 0 Å². The monoisotopic (exact) mass is 333 g/mol. The van der Waals surface area contributed by atoms with E-state index in [-0.39, 0.29) is 15.2 Å². The first-order valence-electron chi connectivity index (χ1n) is 6.29. The van der Waals surface area contributed by atoms with Crippen molar-refractivity contribution in [3.63, 3.8) is 0 Å².